The molecule has 5 aliphatic rings. The van der Waals surface area contributed by atoms with Crippen LogP contribution in [0.5, 0.6) is 0 Å². The van der Waals surface area contributed by atoms with Crippen molar-refractivity contribution in [2.75, 3.05) is 19.6 Å². The van der Waals surface area contributed by atoms with E-state index >= 15 is 0 Å². The molecule has 1 aliphatic heterocycles. The van der Waals surface area contributed by atoms with Crippen molar-refractivity contribution in [1.29, 1.82) is 0 Å². The summed E-state index contributed by atoms with van der Waals surface area (Å²) in [6, 6.07) is 3.61. The molecule has 4 aliphatic carbocycles. The van der Waals surface area contributed by atoms with Crippen LogP contribution in [-0.4, -0.2) is 35.4 Å². The lowest BCUT2D eigenvalue weighted by atomic mass is 9.52. The minimum absolute atomic E-state index is 0.210. The molecule has 4 bridgehead atoms. The molecule has 0 aromatic carbocycles. The van der Waals surface area contributed by atoms with Crippen molar-refractivity contribution < 1.29 is 4.79 Å². The Hall–Kier alpha value is -1.62. The average Bonchev–Trinajstić information content (AvgIpc) is 3.13. The molecule has 5 nitrogen and oxygen atoms in total. The topological polar surface area (TPSA) is 65.2 Å². The normalized spacial score (nSPS) is 34.9. The predicted octanol–water partition coefficient (Wildman–Crippen LogP) is 2.77. The van der Waals surface area contributed by atoms with Crippen molar-refractivity contribution in [3.05, 3.63) is 33.7 Å². The number of carbonyl (C=O) groups is 1. The van der Waals surface area contributed by atoms with Gasteiger partial charge in [-0.25, -0.2) is 0 Å². The fraction of sp³-hybridized carbons (Fsp3) is 0.727. The minimum atomic E-state index is -0.255. The van der Waals surface area contributed by atoms with Gasteiger partial charge in [0, 0.05) is 18.8 Å². The van der Waals surface area contributed by atoms with Gasteiger partial charge in [-0.05, 0) is 99.8 Å². The standard InChI is InChI=1S/C22H31N3O2/c26-21(19-4-3-18(24-22(19)27)13-25-5-1-2-6-25)23-12-20-16-8-14-7-15(10-16)11-17(20)9-14/h3-4,14-17,20H,1-2,5-13H2,(H,23,26)(H,24,27). The Balaban J connectivity index is 1.20. The molecule has 146 valence electrons. The van der Waals surface area contributed by atoms with Gasteiger partial charge in [0.25, 0.3) is 11.5 Å². The molecule has 1 amide bonds. The Bertz CT molecular complexity index is 737. The summed E-state index contributed by atoms with van der Waals surface area (Å²) in [7, 11) is 0. The van der Waals surface area contributed by atoms with E-state index in [2.05, 4.69) is 15.2 Å². The minimum Gasteiger partial charge on any atom is -0.352 e. The summed E-state index contributed by atoms with van der Waals surface area (Å²) in [5.74, 6) is 3.90. The lowest BCUT2D eigenvalue weighted by Crippen LogP contribution is -2.49. The Morgan fingerprint density at radius 2 is 1.70 bits per heavy atom. The summed E-state index contributed by atoms with van der Waals surface area (Å²) < 4.78 is 0. The van der Waals surface area contributed by atoms with E-state index in [-0.39, 0.29) is 17.0 Å². The molecule has 2 heterocycles. The molecule has 1 aromatic heterocycles. The van der Waals surface area contributed by atoms with Crippen LogP contribution >= 0.6 is 0 Å². The summed E-state index contributed by atoms with van der Waals surface area (Å²) >= 11 is 0. The molecule has 0 unspecified atom stereocenters. The summed E-state index contributed by atoms with van der Waals surface area (Å²) in [5.41, 5.74) is 0.901. The molecule has 0 atom stereocenters. The van der Waals surface area contributed by atoms with Gasteiger partial charge in [-0.15, -0.1) is 0 Å². The monoisotopic (exact) mass is 369 g/mol. The van der Waals surface area contributed by atoms with Crippen molar-refractivity contribution in [2.45, 2.75) is 51.5 Å². The van der Waals surface area contributed by atoms with Gasteiger partial charge in [-0.3, -0.25) is 14.5 Å². The number of hydrogen-bond donors (Lipinski definition) is 2. The third-order valence-electron chi connectivity index (χ3n) is 7.73. The highest BCUT2D eigenvalue weighted by Crippen LogP contribution is 2.56. The van der Waals surface area contributed by atoms with E-state index in [0.29, 0.717) is 5.92 Å². The summed E-state index contributed by atoms with van der Waals surface area (Å²) in [5, 5.41) is 3.09. The number of amides is 1. The van der Waals surface area contributed by atoms with Crippen molar-refractivity contribution in [3.8, 4) is 0 Å². The third-order valence-corrected chi connectivity index (χ3v) is 7.73. The second-order valence-electron chi connectivity index (χ2n) is 9.51. The maximum atomic E-state index is 12.6. The number of carbonyl (C=O) groups excluding carboxylic acids is 1. The first-order chi connectivity index (χ1) is 13.2. The Morgan fingerprint density at radius 1 is 1.04 bits per heavy atom. The molecule has 4 saturated carbocycles. The SMILES string of the molecule is O=C(NCC1C2CC3CC(C2)CC1C3)c1ccc(CN2CCCC2)[nH]c1=O. The van der Waals surface area contributed by atoms with Crippen molar-refractivity contribution in [3.63, 3.8) is 0 Å². The third kappa shape index (κ3) is 3.46. The van der Waals surface area contributed by atoms with Crippen LogP contribution in [0.15, 0.2) is 16.9 Å². The lowest BCUT2D eigenvalue weighted by Gasteiger charge is -2.54. The first kappa shape index (κ1) is 17.5. The summed E-state index contributed by atoms with van der Waals surface area (Å²) in [6.07, 6.45) is 9.35. The summed E-state index contributed by atoms with van der Waals surface area (Å²) in [4.78, 5) is 30.3. The molecular weight excluding hydrogens is 338 g/mol. The number of likely N-dealkylation sites (tertiary alicyclic amines) is 1. The van der Waals surface area contributed by atoms with E-state index in [0.717, 1.165) is 55.5 Å². The molecule has 1 saturated heterocycles. The molecule has 27 heavy (non-hydrogen) atoms. The fourth-order valence-corrected chi connectivity index (χ4v) is 6.64. The second kappa shape index (κ2) is 7.08. The predicted molar refractivity (Wildman–Crippen MR) is 104 cm³/mol. The number of aromatic nitrogens is 1. The van der Waals surface area contributed by atoms with Crippen molar-refractivity contribution in [2.24, 2.45) is 29.6 Å². The van der Waals surface area contributed by atoms with Gasteiger partial charge in [0.15, 0.2) is 0 Å². The van der Waals surface area contributed by atoms with Crippen LogP contribution in [0.4, 0.5) is 0 Å². The first-order valence-electron chi connectivity index (χ1n) is 10.9. The number of H-pyrrole nitrogens is 1. The van der Waals surface area contributed by atoms with Gasteiger partial charge >= 0.3 is 0 Å². The number of hydrogen-bond acceptors (Lipinski definition) is 3. The number of nitrogens with zero attached hydrogens (tertiary/aromatic N) is 1. The van der Waals surface area contributed by atoms with Crippen LogP contribution in [0.1, 0.15) is 61.0 Å². The van der Waals surface area contributed by atoms with Crippen LogP contribution in [0.25, 0.3) is 0 Å². The van der Waals surface area contributed by atoms with Crippen molar-refractivity contribution in [1.82, 2.24) is 15.2 Å². The maximum absolute atomic E-state index is 12.6. The van der Waals surface area contributed by atoms with E-state index in [1.165, 1.54) is 44.9 Å². The molecule has 0 spiro atoms. The quantitative estimate of drug-likeness (QED) is 0.839. The molecule has 1 aromatic rings. The zero-order valence-corrected chi connectivity index (χ0v) is 16.1. The van der Waals surface area contributed by atoms with Gasteiger partial charge in [0.05, 0.1) is 0 Å². The van der Waals surface area contributed by atoms with E-state index in [9.17, 15) is 9.59 Å². The van der Waals surface area contributed by atoms with E-state index in [1.807, 2.05) is 6.07 Å². The average molecular weight is 370 g/mol. The maximum Gasteiger partial charge on any atom is 0.261 e. The van der Waals surface area contributed by atoms with Gasteiger partial charge in [0.2, 0.25) is 0 Å². The fourth-order valence-electron chi connectivity index (χ4n) is 6.64. The highest BCUT2D eigenvalue weighted by Gasteiger charge is 2.47. The van der Waals surface area contributed by atoms with E-state index in [4.69, 9.17) is 0 Å². The van der Waals surface area contributed by atoms with Gasteiger partial charge in [-0.2, -0.15) is 0 Å². The van der Waals surface area contributed by atoms with Crippen LogP contribution in [0.3, 0.4) is 0 Å². The number of pyridine rings is 1. The Morgan fingerprint density at radius 3 is 2.33 bits per heavy atom. The molecule has 5 fully saturated rings. The molecular formula is C22H31N3O2. The highest BCUT2D eigenvalue weighted by atomic mass is 16.2. The molecule has 0 radical (unpaired) electrons. The molecule has 5 heteroatoms. The van der Waals surface area contributed by atoms with Crippen LogP contribution in [0, 0.1) is 29.6 Å². The zero-order valence-electron chi connectivity index (χ0n) is 16.1. The Kier molecular flexibility index (Phi) is 4.58. The number of nitrogens with one attached hydrogen (secondary N) is 2. The lowest BCUT2D eigenvalue weighted by molar-refractivity contribution is -0.0347. The smallest absolute Gasteiger partial charge is 0.261 e. The highest BCUT2D eigenvalue weighted by molar-refractivity contribution is 5.93. The van der Waals surface area contributed by atoms with Crippen molar-refractivity contribution >= 4 is 5.91 Å². The van der Waals surface area contributed by atoms with E-state index in [1.54, 1.807) is 6.07 Å². The Labute approximate surface area is 160 Å². The largest absolute Gasteiger partial charge is 0.352 e. The molecule has 6 rings (SSSR count). The van der Waals surface area contributed by atoms with E-state index < -0.39 is 0 Å². The number of aromatic amines is 1. The molecule has 2 N–H and O–H groups in total. The van der Waals surface area contributed by atoms with Crippen LogP contribution in [0.2, 0.25) is 0 Å². The second-order valence-corrected chi connectivity index (χ2v) is 9.51. The number of rotatable bonds is 5. The van der Waals surface area contributed by atoms with Gasteiger partial charge < -0.3 is 10.3 Å². The first-order valence-corrected chi connectivity index (χ1v) is 10.9. The zero-order chi connectivity index (χ0) is 18.4. The summed E-state index contributed by atoms with van der Waals surface area (Å²) in [6.45, 7) is 3.69. The van der Waals surface area contributed by atoms with Crippen LogP contribution < -0.4 is 10.9 Å². The van der Waals surface area contributed by atoms with Crippen LogP contribution in [-0.2, 0) is 6.54 Å². The van der Waals surface area contributed by atoms with Gasteiger partial charge in [0.1, 0.15) is 5.56 Å². The van der Waals surface area contributed by atoms with Gasteiger partial charge in [-0.1, -0.05) is 0 Å².